The summed E-state index contributed by atoms with van der Waals surface area (Å²) in [5, 5.41) is 3.26. The Balaban J connectivity index is 2.16. The van der Waals surface area contributed by atoms with Gasteiger partial charge in [-0.1, -0.05) is 22.4 Å². The molecule has 0 aromatic carbocycles. The molecule has 0 aromatic heterocycles. The third-order valence-electron chi connectivity index (χ3n) is 2.45. The zero-order valence-electron chi connectivity index (χ0n) is 7.39. The molecular formula is C9H17BrNO+. The first-order valence-corrected chi connectivity index (χ1v) is 5.87. The number of carbonyl (C=O) groups excluding carboxylic acids is 1. The Kier molecular flexibility index (Phi) is 4.84. The summed E-state index contributed by atoms with van der Waals surface area (Å²) in [6.07, 6.45) is 4.32. The maximum atomic E-state index is 11.4. The van der Waals surface area contributed by atoms with E-state index in [9.17, 15) is 4.79 Å². The SMILES string of the molecule is O=C1CCCC[C@H]1C[NH2+]CCBr. The molecule has 0 amide bonds. The van der Waals surface area contributed by atoms with E-state index in [1.807, 2.05) is 0 Å². The lowest BCUT2D eigenvalue weighted by Gasteiger charge is -2.18. The highest BCUT2D eigenvalue weighted by molar-refractivity contribution is 9.09. The summed E-state index contributed by atoms with van der Waals surface area (Å²) in [5.41, 5.74) is 0. The van der Waals surface area contributed by atoms with Gasteiger partial charge in [0.1, 0.15) is 5.78 Å². The van der Waals surface area contributed by atoms with Crippen LogP contribution in [0.4, 0.5) is 0 Å². The van der Waals surface area contributed by atoms with E-state index in [4.69, 9.17) is 0 Å². The average molecular weight is 235 g/mol. The summed E-state index contributed by atoms with van der Waals surface area (Å²) < 4.78 is 0. The van der Waals surface area contributed by atoms with Crippen LogP contribution in [0.25, 0.3) is 0 Å². The Hall–Kier alpha value is 0.110. The molecule has 0 heterocycles. The van der Waals surface area contributed by atoms with Crippen LogP contribution in [0.15, 0.2) is 0 Å². The van der Waals surface area contributed by atoms with Crippen molar-refractivity contribution in [2.75, 3.05) is 18.4 Å². The van der Waals surface area contributed by atoms with Crippen molar-refractivity contribution in [3.8, 4) is 0 Å². The third kappa shape index (κ3) is 3.23. The van der Waals surface area contributed by atoms with Crippen molar-refractivity contribution in [3.05, 3.63) is 0 Å². The summed E-state index contributed by atoms with van der Waals surface area (Å²) in [6, 6.07) is 0. The summed E-state index contributed by atoms with van der Waals surface area (Å²) in [5.74, 6) is 0.852. The van der Waals surface area contributed by atoms with Crippen LogP contribution >= 0.6 is 15.9 Å². The first kappa shape index (κ1) is 10.2. The number of nitrogens with two attached hydrogens (primary N) is 1. The molecule has 0 unspecified atom stereocenters. The molecule has 1 saturated carbocycles. The number of quaternary nitrogens is 1. The summed E-state index contributed by atoms with van der Waals surface area (Å²) in [6.45, 7) is 2.09. The van der Waals surface area contributed by atoms with Crippen molar-refractivity contribution in [3.63, 3.8) is 0 Å². The van der Waals surface area contributed by atoms with Gasteiger partial charge in [-0.25, -0.2) is 0 Å². The Bertz CT molecular complexity index is 149. The van der Waals surface area contributed by atoms with Crippen LogP contribution < -0.4 is 5.32 Å². The molecule has 2 N–H and O–H groups in total. The van der Waals surface area contributed by atoms with Crippen LogP contribution in [-0.2, 0) is 4.79 Å². The van der Waals surface area contributed by atoms with Crippen LogP contribution in [0.5, 0.6) is 0 Å². The number of hydrogen-bond donors (Lipinski definition) is 1. The van der Waals surface area contributed by atoms with E-state index >= 15 is 0 Å². The molecule has 1 atom stereocenters. The van der Waals surface area contributed by atoms with Gasteiger partial charge in [-0.05, 0) is 12.8 Å². The molecular weight excluding hydrogens is 218 g/mol. The maximum Gasteiger partial charge on any atom is 0.141 e. The van der Waals surface area contributed by atoms with E-state index in [0.717, 1.165) is 37.7 Å². The second-order valence-corrected chi connectivity index (χ2v) is 4.20. The molecule has 1 aliphatic carbocycles. The van der Waals surface area contributed by atoms with Crippen LogP contribution in [0.3, 0.4) is 0 Å². The number of carbonyl (C=O) groups is 1. The highest BCUT2D eigenvalue weighted by atomic mass is 79.9. The minimum absolute atomic E-state index is 0.359. The van der Waals surface area contributed by atoms with E-state index in [1.165, 1.54) is 6.42 Å². The normalized spacial score (nSPS) is 24.4. The second kappa shape index (κ2) is 5.70. The first-order chi connectivity index (χ1) is 5.84. The molecule has 12 heavy (non-hydrogen) atoms. The highest BCUT2D eigenvalue weighted by Crippen LogP contribution is 2.18. The van der Waals surface area contributed by atoms with E-state index in [-0.39, 0.29) is 0 Å². The number of ketones is 1. The molecule has 1 aliphatic rings. The number of alkyl halides is 1. The first-order valence-electron chi connectivity index (χ1n) is 4.75. The molecule has 0 saturated heterocycles. The Labute approximate surface area is 82.2 Å². The molecule has 2 nitrogen and oxygen atoms in total. The minimum atomic E-state index is 0.359. The minimum Gasteiger partial charge on any atom is -0.345 e. The molecule has 0 bridgehead atoms. The number of halogens is 1. The lowest BCUT2D eigenvalue weighted by atomic mass is 9.88. The quantitative estimate of drug-likeness (QED) is 0.565. The average Bonchev–Trinajstić information content (AvgIpc) is 2.09. The predicted molar refractivity (Wildman–Crippen MR) is 52.4 cm³/mol. The van der Waals surface area contributed by atoms with Gasteiger partial charge in [0.25, 0.3) is 0 Å². The van der Waals surface area contributed by atoms with Crippen molar-refractivity contribution in [1.29, 1.82) is 0 Å². The second-order valence-electron chi connectivity index (χ2n) is 3.41. The summed E-state index contributed by atoms with van der Waals surface area (Å²) in [4.78, 5) is 11.4. The molecule has 1 fully saturated rings. The zero-order valence-corrected chi connectivity index (χ0v) is 8.98. The Morgan fingerprint density at radius 3 is 3.00 bits per heavy atom. The van der Waals surface area contributed by atoms with Gasteiger partial charge in [-0.2, -0.15) is 0 Å². The fourth-order valence-corrected chi connectivity index (χ4v) is 2.02. The molecule has 70 valence electrons. The van der Waals surface area contributed by atoms with Crippen molar-refractivity contribution < 1.29 is 10.1 Å². The van der Waals surface area contributed by atoms with Crippen LogP contribution in [0, 0.1) is 5.92 Å². The predicted octanol–water partition coefficient (Wildman–Crippen LogP) is 0.704. The van der Waals surface area contributed by atoms with Gasteiger partial charge in [0, 0.05) is 6.42 Å². The topological polar surface area (TPSA) is 33.7 Å². The molecule has 1 rings (SSSR count). The number of hydrogen-bond acceptors (Lipinski definition) is 1. The lowest BCUT2D eigenvalue weighted by molar-refractivity contribution is -0.654. The van der Waals surface area contributed by atoms with Crippen molar-refractivity contribution in [2.45, 2.75) is 25.7 Å². The highest BCUT2D eigenvalue weighted by Gasteiger charge is 2.22. The van der Waals surface area contributed by atoms with Gasteiger partial charge in [0.05, 0.1) is 24.3 Å². The standard InChI is InChI=1S/C9H16BrNO/c10-5-6-11-7-8-3-1-2-4-9(8)12/h8,11H,1-7H2/p+1/t8-/m0/s1. The number of Topliss-reactive ketones (excluding diaryl/α,β-unsaturated/α-hetero) is 1. The monoisotopic (exact) mass is 234 g/mol. The van der Waals surface area contributed by atoms with Gasteiger partial charge in [-0.15, -0.1) is 0 Å². The van der Waals surface area contributed by atoms with Crippen molar-refractivity contribution in [1.82, 2.24) is 0 Å². The largest absolute Gasteiger partial charge is 0.345 e. The summed E-state index contributed by atoms with van der Waals surface area (Å²) >= 11 is 3.37. The smallest absolute Gasteiger partial charge is 0.141 e. The number of rotatable bonds is 4. The molecule has 0 radical (unpaired) electrons. The Morgan fingerprint density at radius 2 is 2.33 bits per heavy atom. The van der Waals surface area contributed by atoms with E-state index in [0.29, 0.717) is 11.7 Å². The van der Waals surface area contributed by atoms with Crippen LogP contribution in [0.2, 0.25) is 0 Å². The maximum absolute atomic E-state index is 11.4. The zero-order chi connectivity index (χ0) is 8.81. The van der Waals surface area contributed by atoms with Crippen molar-refractivity contribution in [2.24, 2.45) is 5.92 Å². The van der Waals surface area contributed by atoms with Crippen LogP contribution in [0.1, 0.15) is 25.7 Å². The van der Waals surface area contributed by atoms with Gasteiger partial charge < -0.3 is 5.32 Å². The van der Waals surface area contributed by atoms with Gasteiger partial charge >= 0.3 is 0 Å². The Morgan fingerprint density at radius 1 is 1.50 bits per heavy atom. The fraction of sp³-hybridized carbons (Fsp3) is 0.889. The van der Waals surface area contributed by atoms with Gasteiger partial charge in [-0.3, -0.25) is 4.79 Å². The molecule has 3 heteroatoms. The van der Waals surface area contributed by atoms with Gasteiger partial charge in [0.15, 0.2) is 0 Å². The van der Waals surface area contributed by atoms with E-state index in [1.54, 1.807) is 0 Å². The fourth-order valence-electron chi connectivity index (χ4n) is 1.70. The van der Waals surface area contributed by atoms with E-state index < -0.39 is 0 Å². The lowest BCUT2D eigenvalue weighted by Crippen LogP contribution is -2.86. The summed E-state index contributed by atoms with van der Waals surface area (Å²) in [7, 11) is 0. The van der Waals surface area contributed by atoms with E-state index in [2.05, 4.69) is 21.2 Å². The molecule has 0 spiro atoms. The van der Waals surface area contributed by atoms with Gasteiger partial charge in [0.2, 0.25) is 0 Å². The molecule has 0 aliphatic heterocycles. The molecule has 0 aromatic rings. The third-order valence-corrected chi connectivity index (χ3v) is 2.90. The van der Waals surface area contributed by atoms with Crippen LogP contribution in [-0.4, -0.2) is 24.2 Å². The van der Waals surface area contributed by atoms with Crippen molar-refractivity contribution >= 4 is 21.7 Å².